The molecule has 2 N–H and O–H groups in total. The zero-order valence-electron chi connectivity index (χ0n) is 13.4. The lowest BCUT2D eigenvalue weighted by atomic mass is 9.96. The Morgan fingerprint density at radius 2 is 2.00 bits per heavy atom. The molecule has 2 heterocycles. The summed E-state index contributed by atoms with van der Waals surface area (Å²) in [4.78, 5) is 20.4. The number of aromatic nitrogens is 2. The van der Waals surface area contributed by atoms with Crippen LogP contribution in [0.25, 0.3) is 10.8 Å². The molecule has 1 atom stereocenters. The maximum Gasteiger partial charge on any atom is 0.220 e. The number of hydrogen-bond acceptors (Lipinski definition) is 4. The highest BCUT2D eigenvalue weighted by molar-refractivity contribution is 5.89. The van der Waals surface area contributed by atoms with E-state index in [-0.39, 0.29) is 11.7 Å². The van der Waals surface area contributed by atoms with Crippen molar-refractivity contribution in [3.05, 3.63) is 66.2 Å². The average molecular weight is 321 g/mol. The topological polar surface area (TPSA) is 75.1 Å². The molecule has 122 valence electrons. The molecule has 1 amide bonds. The van der Waals surface area contributed by atoms with Gasteiger partial charge in [-0.25, -0.2) is 0 Å². The molecule has 24 heavy (non-hydrogen) atoms. The van der Waals surface area contributed by atoms with Gasteiger partial charge in [0.15, 0.2) is 0 Å². The third-order valence-corrected chi connectivity index (χ3v) is 3.93. The van der Waals surface area contributed by atoms with Crippen LogP contribution < -0.4 is 5.32 Å². The van der Waals surface area contributed by atoms with Gasteiger partial charge in [0.1, 0.15) is 5.75 Å². The van der Waals surface area contributed by atoms with Crippen LogP contribution in [0.2, 0.25) is 0 Å². The lowest BCUT2D eigenvalue weighted by Crippen LogP contribution is -2.29. The fourth-order valence-electron chi connectivity index (χ4n) is 2.75. The molecule has 5 nitrogen and oxygen atoms in total. The number of aromatic hydroxyl groups is 1. The van der Waals surface area contributed by atoms with Crippen molar-refractivity contribution in [1.82, 2.24) is 15.3 Å². The fourth-order valence-corrected chi connectivity index (χ4v) is 2.75. The molecular weight excluding hydrogens is 302 g/mol. The van der Waals surface area contributed by atoms with Crippen molar-refractivity contribution in [3.8, 4) is 5.75 Å². The van der Waals surface area contributed by atoms with Gasteiger partial charge in [-0.15, -0.1) is 0 Å². The van der Waals surface area contributed by atoms with Crippen molar-refractivity contribution in [2.75, 3.05) is 0 Å². The highest BCUT2D eigenvalue weighted by atomic mass is 16.3. The molecule has 0 saturated carbocycles. The summed E-state index contributed by atoms with van der Waals surface area (Å²) < 4.78 is 0. The van der Waals surface area contributed by atoms with Crippen LogP contribution in [0.1, 0.15) is 36.9 Å². The number of benzene rings is 1. The number of amides is 1. The highest BCUT2D eigenvalue weighted by Gasteiger charge is 2.21. The first-order valence-corrected chi connectivity index (χ1v) is 7.95. The normalized spacial score (nSPS) is 12.0. The van der Waals surface area contributed by atoms with Crippen molar-refractivity contribution >= 4 is 16.7 Å². The van der Waals surface area contributed by atoms with Crippen LogP contribution in [0, 0.1) is 0 Å². The summed E-state index contributed by atoms with van der Waals surface area (Å²) in [6.07, 6.45) is 7.93. The maximum atomic E-state index is 12.2. The predicted octanol–water partition coefficient (Wildman–Crippen LogP) is 3.34. The van der Waals surface area contributed by atoms with Gasteiger partial charge in [-0.2, -0.15) is 0 Å². The van der Waals surface area contributed by atoms with Gasteiger partial charge in [0, 0.05) is 47.5 Å². The molecule has 0 aliphatic rings. The number of carbonyl (C=O) groups excluding carboxylic acids is 1. The van der Waals surface area contributed by atoms with Crippen LogP contribution in [0.15, 0.2) is 55.1 Å². The molecule has 0 saturated heterocycles. The summed E-state index contributed by atoms with van der Waals surface area (Å²) in [6.45, 7) is 1.96. The Bertz CT molecular complexity index is 850. The summed E-state index contributed by atoms with van der Waals surface area (Å²) >= 11 is 0. The Balaban J connectivity index is 2.08. The minimum Gasteiger partial charge on any atom is -0.507 e. The van der Waals surface area contributed by atoms with Crippen LogP contribution in [-0.2, 0) is 4.79 Å². The summed E-state index contributed by atoms with van der Waals surface area (Å²) in [5, 5.41) is 15.3. The van der Waals surface area contributed by atoms with E-state index in [0.717, 1.165) is 17.4 Å². The Hall–Kier alpha value is -2.95. The largest absolute Gasteiger partial charge is 0.507 e. The molecule has 0 aliphatic carbocycles. The second-order valence-corrected chi connectivity index (χ2v) is 5.64. The Labute approximate surface area is 140 Å². The van der Waals surface area contributed by atoms with Gasteiger partial charge in [0.05, 0.1) is 6.04 Å². The molecule has 1 aromatic carbocycles. The number of rotatable bonds is 5. The number of phenolic OH excluding ortho intramolecular Hbond substituents is 1. The molecule has 3 aromatic rings. The molecule has 3 rings (SSSR count). The first-order valence-electron chi connectivity index (χ1n) is 7.95. The monoisotopic (exact) mass is 321 g/mol. The second-order valence-electron chi connectivity index (χ2n) is 5.64. The van der Waals surface area contributed by atoms with Crippen molar-refractivity contribution in [3.63, 3.8) is 0 Å². The van der Waals surface area contributed by atoms with E-state index in [4.69, 9.17) is 0 Å². The van der Waals surface area contributed by atoms with E-state index in [9.17, 15) is 9.90 Å². The molecule has 0 spiro atoms. The quantitative estimate of drug-likeness (QED) is 0.756. The Morgan fingerprint density at radius 1 is 1.17 bits per heavy atom. The van der Waals surface area contributed by atoms with Crippen molar-refractivity contribution in [2.24, 2.45) is 0 Å². The van der Waals surface area contributed by atoms with Crippen LogP contribution in [-0.4, -0.2) is 21.0 Å². The SMILES string of the molecule is CCCC(=O)NC(c1cccnc1)c1ccc2cnccc2c1O. The summed E-state index contributed by atoms with van der Waals surface area (Å²) in [5.74, 6) is 0.0983. The number of pyridine rings is 2. The fraction of sp³-hybridized carbons (Fsp3) is 0.211. The van der Waals surface area contributed by atoms with Gasteiger partial charge in [-0.3, -0.25) is 14.8 Å². The Morgan fingerprint density at radius 3 is 2.75 bits per heavy atom. The van der Waals surface area contributed by atoms with Crippen LogP contribution in [0.3, 0.4) is 0 Å². The zero-order valence-corrected chi connectivity index (χ0v) is 13.4. The van der Waals surface area contributed by atoms with Gasteiger partial charge in [0.2, 0.25) is 5.91 Å². The first-order chi connectivity index (χ1) is 11.7. The van der Waals surface area contributed by atoms with E-state index in [1.54, 1.807) is 30.9 Å². The molecule has 1 unspecified atom stereocenters. The minimum atomic E-state index is -0.449. The van der Waals surface area contributed by atoms with Crippen molar-refractivity contribution < 1.29 is 9.90 Å². The van der Waals surface area contributed by atoms with Gasteiger partial charge in [-0.05, 0) is 24.1 Å². The predicted molar refractivity (Wildman–Crippen MR) is 92.5 cm³/mol. The van der Waals surface area contributed by atoms with Crippen molar-refractivity contribution in [1.29, 1.82) is 0 Å². The molecular formula is C19H19N3O2. The van der Waals surface area contributed by atoms with E-state index >= 15 is 0 Å². The number of hydrogen-bond donors (Lipinski definition) is 2. The standard InChI is InChI=1S/C19H19N3O2/c1-2-4-17(23)22-18(14-5-3-9-20-12-14)16-7-6-13-11-21-10-8-15(13)19(16)24/h3,5-12,18,24H,2,4H2,1H3,(H,22,23). The molecule has 0 fully saturated rings. The van der Waals surface area contributed by atoms with E-state index in [2.05, 4.69) is 15.3 Å². The Kier molecular flexibility index (Phi) is 4.70. The van der Waals surface area contributed by atoms with Crippen LogP contribution in [0.4, 0.5) is 0 Å². The molecule has 5 heteroatoms. The lowest BCUT2D eigenvalue weighted by molar-refractivity contribution is -0.121. The maximum absolute atomic E-state index is 12.2. The van der Waals surface area contributed by atoms with E-state index in [1.807, 2.05) is 31.2 Å². The molecule has 0 aliphatic heterocycles. The van der Waals surface area contributed by atoms with Crippen molar-refractivity contribution in [2.45, 2.75) is 25.8 Å². The highest BCUT2D eigenvalue weighted by Crippen LogP contribution is 2.34. The van der Waals surface area contributed by atoms with E-state index in [1.165, 1.54) is 0 Å². The zero-order chi connectivity index (χ0) is 16.9. The molecule has 2 aromatic heterocycles. The van der Waals surface area contributed by atoms with Gasteiger partial charge in [0.25, 0.3) is 0 Å². The molecule has 0 bridgehead atoms. The van der Waals surface area contributed by atoms with Gasteiger partial charge >= 0.3 is 0 Å². The summed E-state index contributed by atoms with van der Waals surface area (Å²) in [6, 6.07) is 8.74. The number of fused-ring (bicyclic) bond motifs is 1. The number of nitrogens with one attached hydrogen (secondary N) is 1. The van der Waals surface area contributed by atoms with Gasteiger partial charge in [-0.1, -0.05) is 25.1 Å². The minimum absolute atomic E-state index is 0.0550. The summed E-state index contributed by atoms with van der Waals surface area (Å²) in [5.41, 5.74) is 1.47. The van der Waals surface area contributed by atoms with Crippen LogP contribution in [0.5, 0.6) is 5.75 Å². The average Bonchev–Trinajstić information content (AvgIpc) is 2.62. The second kappa shape index (κ2) is 7.08. The third kappa shape index (κ3) is 3.20. The third-order valence-electron chi connectivity index (χ3n) is 3.93. The van der Waals surface area contributed by atoms with Crippen LogP contribution >= 0.6 is 0 Å². The number of nitrogens with zero attached hydrogens (tertiary/aromatic N) is 2. The number of carbonyl (C=O) groups is 1. The smallest absolute Gasteiger partial charge is 0.220 e. The van der Waals surface area contributed by atoms with E-state index < -0.39 is 6.04 Å². The number of phenols is 1. The first kappa shape index (κ1) is 15.9. The summed E-state index contributed by atoms with van der Waals surface area (Å²) in [7, 11) is 0. The van der Waals surface area contributed by atoms with Gasteiger partial charge < -0.3 is 10.4 Å². The molecule has 0 radical (unpaired) electrons. The lowest BCUT2D eigenvalue weighted by Gasteiger charge is -2.21. The van der Waals surface area contributed by atoms with E-state index in [0.29, 0.717) is 17.4 Å².